The molecule has 7 nitrogen and oxygen atoms in total. The van der Waals surface area contributed by atoms with Gasteiger partial charge in [0, 0.05) is 28.5 Å². The molecule has 0 amide bonds. The van der Waals surface area contributed by atoms with Crippen molar-refractivity contribution in [3.8, 4) is 22.8 Å². The number of rotatable bonds is 9. The van der Waals surface area contributed by atoms with E-state index in [0.717, 1.165) is 34.9 Å². The predicted molar refractivity (Wildman–Crippen MR) is 171 cm³/mol. The summed E-state index contributed by atoms with van der Waals surface area (Å²) >= 11 is 0. The van der Waals surface area contributed by atoms with Crippen molar-refractivity contribution in [3.63, 3.8) is 0 Å². The minimum atomic E-state index is -4.12. The molecule has 5 aromatic rings. The highest BCUT2D eigenvalue weighted by atomic mass is 32.2. The zero-order chi connectivity index (χ0) is 31.6. The summed E-state index contributed by atoms with van der Waals surface area (Å²) in [5.41, 5.74) is 4.95. The molecule has 1 heterocycles. The SMILES string of the molecule is COC(=O)c1ccc2c([C@@H]3CCCC[C@H]3F)c(-c3ccc(OS(=O)(=O)c4ccc(C)cc4)cc3OCc3ccccc3)[nH]c2c1. The summed E-state index contributed by atoms with van der Waals surface area (Å²) in [5, 5.41) is 0.809. The molecule has 0 spiro atoms. The smallest absolute Gasteiger partial charge is 0.339 e. The van der Waals surface area contributed by atoms with Crippen LogP contribution in [0.15, 0.2) is 95.9 Å². The Labute approximate surface area is 262 Å². The molecule has 1 saturated carbocycles. The fourth-order valence-electron chi connectivity index (χ4n) is 5.97. The monoisotopic (exact) mass is 627 g/mol. The summed E-state index contributed by atoms with van der Waals surface area (Å²) in [4.78, 5) is 15.8. The predicted octanol–water partition coefficient (Wildman–Crippen LogP) is 8.27. The van der Waals surface area contributed by atoms with E-state index in [4.69, 9.17) is 13.7 Å². The van der Waals surface area contributed by atoms with E-state index in [1.807, 2.05) is 43.3 Å². The highest BCUT2D eigenvalue weighted by Gasteiger charge is 2.32. The van der Waals surface area contributed by atoms with Gasteiger partial charge in [-0.15, -0.1) is 0 Å². The van der Waals surface area contributed by atoms with Gasteiger partial charge in [0.05, 0.1) is 18.4 Å². The van der Waals surface area contributed by atoms with Crippen molar-refractivity contribution in [1.29, 1.82) is 0 Å². The van der Waals surface area contributed by atoms with Gasteiger partial charge in [-0.2, -0.15) is 8.42 Å². The standard InChI is InChI=1S/C36H34FNO6S/c1-23-12-16-27(17-13-23)45(40,41)44-26-15-19-30(33(21-26)43-22-24-8-4-3-5-9-24)35-34(28-10-6-7-11-31(28)37)29-18-14-25(36(39)42-2)20-32(29)38-35/h3-5,8-9,12-21,28,31,38H,6-7,10-11,22H2,1-2H3/t28-,31-/m1/s1. The Morgan fingerprint density at radius 2 is 1.69 bits per heavy atom. The van der Waals surface area contributed by atoms with Crippen molar-refractivity contribution in [2.24, 2.45) is 0 Å². The van der Waals surface area contributed by atoms with E-state index in [0.29, 0.717) is 40.9 Å². The minimum Gasteiger partial charge on any atom is -0.488 e. The van der Waals surface area contributed by atoms with Crippen LogP contribution in [0, 0.1) is 6.92 Å². The van der Waals surface area contributed by atoms with Gasteiger partial charge in [0.25, 0.3) is 0 Å². The molecule has 1 fully saturated rings. The number of hydrogen-bond acceptors (Lipinski definition) is 6. The fraction of sp³-hybridized carbons (Fsp3) is 0.250. The molecule has 232 valence electrons. The first-order valence-electron chi connectivity index (χ1n) is 14.9. The Bertz CT molecular complexity index is 1940. The van der Waals surface area contributed by atoms with Crippen LogP contribution in [-0.4, -0.2) is 32.7 Å². The van der Waals surface area contributed by atoms with Crippen LogP contribution >= 0.6 is 0 Å². The number of esters is 1. The van der Waals surface area contributed by atoms with E-state index < -0.39 is 22.3 Å². The van der Waals surface area contributed by atoms with Crippen LogP contribution < -0.4 is 8.92 Å². The molecule has 2 atom stereocenters. The summed E-state index contributed by atoms with van der Waals surface area (Å²) in [6.45, 7) is 2.08. The van der Waals surface area contributed by atoms with Crippen LogP contribution in [-0.2, 0) is 21.5 Å². The normalized spacial score (nSPS) is 16.8. The summed E-state index contributed by atoms with van der Waals surface area (Å²) < 4.78 is 58.7. The van der Waals surface area contributed by atoms with Crippen molar-refractivity contribution >= 4 is 27.0 Å². The molecule has 4 aromatic carbocycles. The number of fused-ring (bicyclic) bond motifs is 1. The average molecular weight is 628 g/mol. The largest absolute Gasteiger partial charge is 0.488 e. The maximum absolute atomic E-state index is 15.6. The van der Waals surface area contributed by atoms with Gasteiger partial charge in [0.15, 0.2) is 0 Å². The molecule has 0 aliphatic heterocycles. The average Bonchev–Trinajstić information content (AvgIpc) is 3.42. The minimum absolute atomic E-state index is 0.0366. The Hall–Kier alpha value is -4.63. The van der Waals surface area contributed by atoms with Gasteiger partial charge < -0.3 is 18.6 Å². The van der Waals surface area contributed by atoms with Crippen molar-refractivity contribution in [2.45, 2.75) is 56.2 Å². The first-order chi connectivity index (χ1) is 21.7. The molecular weight excluding hydrogens is 593 g/mol. The van der Waals surface area contributed by atoms with Crippen molar-refractivity contribution in [2.75, 3.05) is 7.11 Å². The van der Waals surface area contributed by atoms with Crippen molar-refractivity contribution in [1.82, 2.24) is 4.98 Å². The van der Waals surface area contributed by atoms with E-state index in [2.05, 4.69) is 4.98 Å². The van der Waals surface area contributed by atoms with E-state index in [-0.39, 0.29) is 23.2 Å². The highest BCUT2D eigenvalue weighted by molar-refractivity contribution is 7.87. The van der Waals surface area contributed by atoms with E-state index >= 15 is 4.39 Å². The van der Waals surface area contributed by atoms with Crippen LogP contribution in [0.2, 0.25) is 0 Å². The highest BCUT2D eigenvalue weighted by Crippen LogP contribution is 2.46. The molecule has 45 heavy (non-hydrogen) atoms. The number of carbonyl (C=O) groups excluding carboxylic acids is 1. The molecule has 0 radical (unpaired) electrons. The van der Waals surface area contributed by atoms with Gasteiger partial charge in [0.1, 0.15) is 29.2 Å². The number of methoxy groups -OCH3 is 1. The van der Waals surface area contributed by atoms with Gasteiger partial charge in [-0.25, -0.2) is 9.18 Å². The number of halogens is 1. The Balaban J connectivity index is 1.48. The second-order valence-corrected chi connectivity index (χ2v) is 12.9. The molecule has 9 heteroatoms. The topological polar surface area (TPSA) is 94.7 Å². The lowest BCUT2D eigenvalue weighted by Gasteiger charge is -2.27. The molecule has 0 saturated heterocycles. The van der Waals surface area contributed by atoms with Crippen molar-refractivity contribution in [3.05, 3.63) is 113 Å². The first kappa shape index (κ1) is 30.4. The van der Waals surface area contributed by atoms with Crippen LogP contribution in [0.3, 0.4) is 0 Å². The van der Waals surface area contributed by atoms with E-state index in [9.17, 15) is 13.2 Å². The lowest BCUT2D eigenvalue weighted by atomic mass is 9.80. The second-order valence-electron chi connectivity index (χ2n) is 11.4. The number of H-pyrrole nitrogens is 1. The third-order valence-electron chi connectivity index (χ3n) is 8.29. The zero-order valence-corrected chi connectivity index (χ0v) is 25.9. The van der Waals surface area contributed by atoms with Crippen LogP contribution in [0.5, 0.6) is 11.5 Å². The quantitative estimate of drug-likeness (QED) is 0.131. The number of nitrogens with one attached hydrogen (secondary N) is 1. The van der Waals surface area contributed by atoms with Gasteiger partial charge >= 0.3 is 16.1 Å². The summed E-state index contributed by atoms with van der Waals surface area (Å²) in [7, 11) is -2.79. The second kappa shape index (κ2) is 12.8. The Kier molecular flexibility index (Phi) is 8.63. The number of carbonyl (C=O) groups is 1. The molecule has 1 aliphatic carbocycles. The number of aromatic amines is 1. The van der Waals surface area contributed by atoms with Gasteiger partial charge in [-0.1, -0.05) is 66.9 Å². The third-order valence-corrected chi connectivity index (χ3v) is 9.55. The molecule has 1 N–H and O–H groups in total. The zero-order valence-electron chi connectivity index (χ0n) is 25.1. The number of ether oxygens (including phenoxy) is 2. The summed E-state index contributed by atoms with van der Waals surface area (Å²) in [5.74, 6) is -0.401. The van der Waals surface area contributed by atoms with Crippen LogP contribution in [0.1, 0.15) is 58.6 Å². The molecule has 1 aliphatic rings. The van der Waals surface area contributed by atoms with Gasteiger partial charge in [-0.3, -0.25) is 0 Å². The van der Waals surface area contributed by atoms with Crippen LogP contribution in [0.4, 0.5) is 4.39 Å². The number of hydrogen-bond donors (Lipinski definition) is 1. The number of alkyl halides is 1. The first-order valence-corrected chi connectivity index (χ1v) is 16.3. The maximum atomic E-state index is 15.6. The summed E-state index contributed by atoms with van der Waals surface area (Å²) in [6, 6.07) is 26.1. The Morgan fingerprint density at radius 1 is 0.933 bits per heavy atom. The molecule has 0 bridgehead atoms. The van der Waals surface area contributed by atoms with Gasteiger partial charge in [0.2, 0.25) is 0 Å². The van der Waals surface area contributed by atoms with E-state index in [1.54, 1.807) is 42.5 Å². The molecule has 6 rings (SSSR count). The fourth-order valence-corrected chi connectivity index (χ4v) is 6.89. The molecule has 1 aromatic heterocycles. The molecule has 0 unspecified atom stereocenters. The van der Waals surface area contributed by atoms with Gasteiger partial charge in [-0.05, 0) is 67.3 Å². The Morgan fingerprint density at radius 3 is 2.42 bits per heavy atom. The number of aromatic nitrogens is 1. The third kappa shape index (κ3) is 6.44. The summed E-state index contributed by atoms with van der Waals surface area (Å²) in [6.07, 6.45) is 1.84. The van der Waals surface area contributed by atoms with Crippen LogP contribution in [0.25, 0.3) is 22.2 Å². The molecular formula is C36H34FNO6S. The number of benzene rings is 4. The number of aryl methyl sites for hydroxylation is 1. The van der Waals surface area contributed by atoms with E-state index in [1.165, 1.54) is 19.2 Å². The lowest BCUT2D eigenvalue weighted by Crippen LogP contribution is -2.19. The lowest BCUT2D eigenvalue weighted by molar-refractivity contribution is 0.0601. The van der Waals surface area contributed by atoms with Crippen molar-refractivity contribution < 1.29 is 31.3 Å². The maximum Gasteiger partial charge on any atom is 0.339 e.